The van der Waals surface area contributed by atoms with Crippen molar-refractivity contribution in [3.63, 3.8) is 0 Å². The number of terminal acetylenes is 1. The van der Waals surface area contributed by atoms with Crippen LogP contribution in [0.15, 0.2) is 0 Å². The lowest BCUT2D eigenvalue weighted by Gasteiger charge is -2.03. The van der Waals surface area contributed by atoms with E-state index in [0.29, 0.717) is 19.4 Å². The molecule has 0 unspecified atom stereocenters. The highest BCUT2D eigenvalue weighted by atomic mass is 16.2. The van der Waals surface area contributed by atoms with Crippen LogP contribution in [0.1, 0.15) is 38.5 Å². The number of nitrogens with one attached hydrogen (secondary N) is 1. The number of unbranched alkanes of at least 4 members (excludes halogenated alkanes) is 3. The summed E-state index contributed by atoms with van der Waals surface area (Å²) < 4.78 is 0. The van der Waals surface area contributed by atoms with Crippen LogP contribution in [0, 0.1) is 12.3 Å². The number of aliphatic hydroxyl groups excluding tert-OH is 1. The summed E-state index contributed by atoms with van der Waals surface area (Å²) in [7, 11) is 0. The van der Waals surface area contributed by atoms with Gasteiger partial charge in [0.25, 0.3) is 0 Å². The molecule has 0 rings (SSSR count). The van der Waals surface area contributed by atoms with Crippen LogP contribution in [0.3, 0.4) is 0 Å². The number of amides is 1. The van der Waals surface area contributed by atoms with Crippen LogP contribution in [0.25, 0.3) is 0 Å². The van der Waals surface area contributed by atoms with Crippen LogP contribution in [-0.4, -0.2) is 24.2 Å². The molecule has 0 fully saturated rings. The Morgan fingerprint density at radius 3 is 2.71 bits per heavy atom. The van der Waals surface area contributed by atoms with Crippen molar-refractivity contribution in [1.29, 1.82) is 0 Å². The zero-order chi connectivity index (χ0) is 10.6. The SMILES string of the molecule is C#CCCCCNC(=O)CCCCO. The lowest BCUT2D eigenvalue weighted by Crippen LogP contribution is -2.24. The van der Waals surface area contributed by atoms with Crippen molar-refractivity contribution in [2.24, 2.45) is 0 Å². The predicted molar refractivity (Wildman–Crippen MR) is 56.6 cm³/mol. The molecule has 0 radical (unpaired) electrons. The van der Waals surface area contributed by atoms with E-state index in [2.05, 4.69) is 11.2 Å². The van der Waals surface area contributed by atoms with E-state index in [9.17, 15) is 4.79 Å². The van der Waals surface area contributed by atoms with E-state index in [1.165, 1.54) is 0 Å². The summed E-state index contributed by atoms with van der Waals surface area (Å²) in [4.78, 5) is 11.1. The molecular weight excluding hydrogens is 178 g/mol. The van der Waals surface area contributed by atoms with Gasteiger partial charge in [-0.25, -0.2) is 0 Å². The molecule has 0 heterocycles. The van der Waals surface area contributed by atoms with E-state index in [1.807, 2.05) is 0 Å². The van der Waals surface area contributed by atoms with Crippen LogP contribution in [0.4, 0.5) is 0 Å². The molecule has 80 valence electrons. The maximum absolute atomic E-state index is 11.1. The highest BCUT2D eigenvalue weighted by Gasteiger charge is 1.98. The first-order chi connectivity index (χ1) is 6.81. The van der Waals surface area contributed by atoms with Crippen LogP contribution >= 0.6 is 0 Å². The Bertz CT molecular complexity index is 184. The van der Waals surface area contributed by atoms with Crippen molar-refractivity contribution in [1.82, 2.24) is 5.32 Å². The Morgan fingerprint density at radius 1 is 1.29 bits per heavy atom. The summed E-state index contributed by atoms with van der Waals surface area (Å²) in [5.41, 5.74) is 0. The zero-order valence-corrected chi connectivity index (χ0v) is 8.59. The first-order valence-corrected chi connectivity index (χ1v) is 5.12. The minimum absolute atomic E-state index is 0.0687. The maximum atomic E-state index is 11.1. The number of carbonyl (C=O) groups is 1. The average molecular weight is 197 g/mol. The molecule has 0 aromatic rings. The molecule has 14 heavy (non-hydrogen) atoms. The van der Waals surface area contributed by atoms with Gasteiger partial charge in [-0.1, -0.05) is 0 Å². The van der Waals surface area contributed by atoms with Crippen LogP contribution < -0.4 is 5.32 Å². The Kier molecular flexibility index (Phi) is 9.35. The smallest absolute Gasteiger partial charge is 0.219 e. The lowest BCUT2D eigenvalue weighted by molar-refractivity contribution is -0.121. The minimum Gasteiger partial charge on any atom is -0.396 e. The Labute approximate surface area is 85.9 Å². The van der Waals surface area contributed by atoms with Gasteiger partial charge in [-0.3, -0.25) is 4.79 Å². The van der Waals surface area contributed by atoms with E-state index < -0.39 is 0 Å². The summed E-state index contributed by atoms with van der Waals surface area (Å²) in [5, 5.41) is 11.3. The van der Waals surface area contributed by atoms with Crippen molar-refractivity contribution in [2.75, 3.05) is 13.2 Å². The molecule has 3 nitrogen and oxygen atoms in total. The lowest BCUT2D eigenvalue weighted by atomic mass is 10.2. The molecular formula is C11H19NO2. The molecule has 0 saturated carbocycles. The molecule has 0 aliphatic carbocycles. The second kappa shape index (κ2) is 10.1. The Morgan fingerprint density at radius 2 is 2.07 bits per heavy atom. The van der Waals surface area contributed by atoms with Gasteiger partial charge in [0.15, 0.2) is 0 Å². The highest BCUT2D eigenvalue weighted by Crippen LogP contribution is 1.95. The third-order valence-corrected chi connectivity index (χ3v) is 1.88. The largest absolute Gasteiger partial charge is 0.396 e. The normalized spacial score (nSPS) is 9.43. The van der Waals surface area contributed by atoms with Gasteiger partial charge in [0.2, 0.25) is 5.91 Å². The molecule has 3 heteroatoms. The fraction of sp³-hybridized carbons (Fsp3) is 0.727. The summed E-state index contributed by atoms with van der Waals surface area (Å²) >= 11 is 0. The van der Waals surface area contributed by atoms with Gasteiger partial charge in [0, 0.05) is 26.0 Å². The third kappa shape index (κ3) is 9.08. The summed E-state index contributed by atoms with van der Waals surface area (Å²) in [5.74, 6) is 2.63. The molecule has 0 aliphatic rings. The predicted octanol–water partition coefficient (Wildman–Crippen LogP) is 1.07. The van der Waals surface area contributed by atoms with Gasteiger partial charge in [-0.15, -0.1) is 12.3 Å². The van der Waals surface area contributed by atoms with E-state index in [1.54, 1.807) is 0 Å². The van der Waals surface area contributed by atoms with Gasteiger partial charge in [-0.2, -0.15) is 0 Å². The topological polar surface area (TPSA) is 49.3 Å². The van der Waals surface area contributed by atoms with Crippen molar-refractivity contribution in [2.45, 2.75) is 38.5 Å². The summed E-state index contributed by atoms with van der Waals surface area (Å²) in [6, 6.07) is 0. The quantitative estimate of drug-likeness (QED) is 0.451. The van der Waals surface area contributed by atoms with E-state index in [4.69, 9.17) is 11.5 Å². The number of carbonyl (C=O) groups excluding carboxylic acids is 1. The van der Waals surface area contributed by atoms with Crippen molar-refractivity contribution < 1.29 is 9.90 Å². The van der Waals surface area contributed by atoms with Crippen LogP contribution in [0.2, 0.25) is 0 Å². The standard InChI is InChI=1S/C11H19NO2/c1-2-3-4-6-9-12-11(14)8-5-7-10-13/h1,13H,3-10H2,(H,12,14). The fourth-order valence-electron chi connectivity index (χ4n) is 1.07. The van der Waals surface area contributed by atoms with Gasteiger partial charge in [0.1, 0.15) is 0 Å². The Balaban J connectivity index is 3.15. The van der Waals surface area contributed by atoms with Crippen LogP contribution in [-0.2, 0) is 4.79 Å². The van der Waals surface area contributed by atoms with E-state index >= 15 is 0 Å². The number of hydrogen-bond acceptors (Lipinski definition) is 2. The minimum atomic E-state index is 0.0687. The summed E-state index contributed by atoms with van der Waals surface area (Å²) in [6.07, 6.45) is 9.74. The van der Waals surface area contributed by atoms with E-state index in [-0.39, 0.29) is 12.5 Å². The van der Waals surface area contributed by atoms with Crippen molar-refractivity contribution in [3.8, 4) is 12.3 Å². The monoisotopic (exact) mass is 197 g/mol. The van der Waals surface area contributed by atoms with Crippen molar-refractivity contribution >= 4 is 5.91 Å². The third-order valence-electron chi connectivity index (χ3n) is 1.88. The average Bonchev–Trinajstić information content (AvgIpc) is 2.18. The zero-order valence-electron chi connectivity index (χ0n) is 8.59. The van der Waals surface area contributed by atoms with Crippen LogP contribution in [0.5, 0.6) is 0 Å². The molecule has 0 atom stereocenters. The molecule has 0 aromatic carbocycles. The van der Waals surface area contributed by atoms with Gasteiger partial charge >= 0.3 is 0 Å². The summed E-state index contributed by atoms with van der Waals surface area (Å²) in [6.45, 7) is 0.870. The number of aliphatic hydroxyl groups is 1. The fourth-order valence-corrected chi connectivity index (χ4v) is 1.07. The molecule has 1 amide bonds. The second-order valence-corrected chi connectivity index (χ2v) is 3.19. The number of rotatable bonds is 8. The molecule has 0 saturated heterocycles. The molecule has 0 bridgehead atoms. The first kappa shape index (κ1) is 13.0. The molecule has 2 N–H and O–H groups in total. The molecule has 0 spiro atoms. The van der Waals surface area contributed by atoms with Gasteiger partial charge < -0.3 is 10.4 Å². The first-order valence-electron chi connectivity index (χ1n) is 5.12. The number of hydrogen-bond donors (Lipinski definition) is 2. The maximum Gasteiger partial charge on any atom is 0.219 e. The molecule has 0 aromatic heterocycles. The molecule has 0 aliphatic heterocycles. The van der Waals surface area contributed by atoms with E-state index in [0.717, 1.165) is 25.7 Å². The van der Waals surface area contributed by atoms with Gasteiger partial charge in [-0.05, 0) is 25.7 Å². The second-order valence-electron chi connectivity index (χ2n) is 3.19. The highest BCUT2D eigenvalue weighted by molar-refractivity contribution is 5.75. The van der Waals surface area contributed by atoms with Gasteiger partial charge in [0.05, 0.1) is 0 Å². The Hall–Kier alpha value is -1.01. The van der Waals surface area contributed by atoms with Crippen molar-refractivity contribution in [3.05, 3.63) is 0 Å².